The summed E-state index contributed by atoms with van der Waals surface area (Å²) in [6.45, 7) is 0. The molecule has 1 aromatic rings. The van der Waals surface area contributed by atoms with Gasteiger partial charge in [-0.25, -0.2) is 0 Å². The van der Waals surface area contributed by atoms with Gasteiger partial charge in [0, 0.05) is 5.56 Å². The molecule has 0 spiro atoms. The summed E-state index contributed by atoms with van der Waals surface area (Å²) in [4.78, 5) is 10.7. The van der Waals surface area contributed by atoms with Crippen LogP contribution in [0.4, 0.5) is 0 Å². The average Bonchev–Trinajstić information content (AvgIpc) is 2.47. The lowest BCUT2D eigenvalue weighted by molar-refractivity contribution is 0.112. The summed E-state index contributed by atoms with van der Waals surface area (Å²) >= 11 is 0. The fraction of sp³-hybridized carbons (Fsp3) is 0.471. The number of aldehydes is 1. The van der Waals surface area contributed by atoms with E-state index in [1.165, 1.54) is 37.7 Å². The zero-order chi connectivity index (χ0) is 12.4. The zero-order valence-electron chi connectivity index (χ0n) is 10.7. The normalized spacial score (nSPS) is 30.8. The van der Waals surface area contributed by atoms with Crippen LogP contribution in [0.25, 0.3) is 0 Å². The third kappa shape index (κ3) is 2.14. The van der Waals surface area contributed by atoms with Crippen molar-refractivity contribution in [2.24, 2.45) is 11.8 Å². The Morgan fingerprint density at radius 3 is 2.61 bits per heavy atom. The largest absolute Gasteiger partial charge is 0.298 e. The van der Waals surface area contributed by atoms with Crippen molar-refractivity contribution >= 4 is 6.29 Å². The van der Waals surface area contributed by atoms with Gasteiger partial charge in [0.1, 0.15) is 6.29 Å². The number of hydrogen-bond donors (Lipinski definition) is 0. The van der Waals surface area contributed by atoms with Crippen LogP contribution < -0.4 is 0 Å². The molecule has 1 nitrogen and oxygen atoms in total. The number of carbonyl (C=O) groups is 1. The van der Waals surface area contributed by atoms with Crippen LogP contribution in [0.15, 0.2) is 36.4 Å². The molecule has 3 atom stereocenters. The molecule has 0 saturated heterocycles. The molecule has 1 aromatic carbocycles. The summed E-state index contributed by atoms with van der Waals surface area (Å²) in [5.41, 5.74) is 2.20. The van der Waals surface area contributed by atoms with E-state index in [9.17, 15) is 4.79 Å². The minimum atomic E-state index is 0.668. The lowest BCUT2D eigenvalue weighted by Gasteiger charge is -2.38. The predicted octanol–water partition coefficient (Wildman–Crippen LogP) is 4.35. The van der Waals surface area contributed by atoms with E-state index in [1.54, 1.807) is 0 Å². The molecule has 1 fully saturated rings. The highest BCUT2D eigenvalue weighted by atomic mass is 16.1. The van der Waals surface area contributed by atoms with E-state index in [4.69, 9.17) is 0 Å². The summed E-state index contributed by atoms with van der Waals surface area (Å²) in [5, 5.41) is 0. The molecule has 0 N–H and O–H groups in total. The Labute approximate surface area is 109 Å². The van der Waals surface area contributed by atoms with Crippen molar-refractivity contribution in [3.8, 4) is 0 Å². The van der Waals surface area contributed by atoms with Crippen LogP contribution in [0.2, 0.25) is 0 Å². The van der Waals surface area contributed by atoms with Crippen molar-refractivity contribution in [3.05, 3.63) is 47.5 Å². The number of rotatable bonds is 2. The molecule has 18 heavy (non-hydrogen) atoms. The van der Waals surface area contributed by atoms with Crippen LogP contribution in [-0.4, -0.2) is 6.29 Å². The number of allylic oxidation sites excluding steroid dienone is 2. The van der Waals surface area contributed by atoms with E-state index in [0.717, 1.165) is 23.7 Å². The lowest BCUT2D eigenvalue weighted by Crippen LogP contribution is -2.26. The maximum Gasteiger partial charge on any atom is 0.150 e. The van der Waals surface area contributed by atoms with E-state index < -0.39 is 0 Å². The molecule has 0 bridgehead atoms. The van der Waals surface area contributed by atoms with Gasteiger partial charge in [0.15, 0.2) is 0 Å². The Morgan fingerprint density at radius 2 is 1.83 bits per heavy atom. The topological polar surface area (TPSA) is 17.1 Å². The van der Waals surface area contributed by atoms with Crippen molar-refractivity contribution < 1.29 is 4.79 Å². The first-order valence-electron chi connectivity index (χ1n) is 7.10. The third-order valence-corrected chi connectivity index (χ3v) is 4.67. The van der Waals surface area contributed by atoms with Crippen molar-refractivity contribution in [2.45, 2.75) is 38.0 Å². The van der Waals surface area contributed by atoms with Gasteiger partial charge in [0.05, 0.1) is 0 Å². The van der Waals surface area contributed by atoms with E-state index in [-0.39, 0.29) is 0 Å². The molecule has 94 valence electrons. The second kappa shape index (κ2) is 5.09. The molecule has 2 aliphatic carbocycles. The summed E-state index contributed by atoms with van der Waals surface area (Å²) in [6, 6.07) is 8.22. The summed E-state index contributed by atoms with van der Waals surface area (Å²) < 4.78 is 0. The van der Waals surface area contributed by atoms with Gasteiger partial charge in [0.2, 0.25) is 0 Å². The first-order valence-corrected chi connectivity index (χ1v) is 7.10. The maximum absolute atomic E-state index is 10.7. The van der Waals surface area contributed by atoms with Crippen LogP contribution in [-0.2, 0) is 0 Å². The lowest BCUT2D eigenvalue weighted by atomic mass is 9.66. The van der Waals surface area contributed by atoms with Crippen LogP contribution in [0.3, 0.4) is 0 Å². The Balaban J connectivity index is 1.85. The monoisotopic (exact) mass is 240 g/mol. The highest BCUT2D eigenvalue weighted by Gasteiger charge is 2.32. The average molecular weight is 240 g/mol. The minimum absolute atomic E-state index is 0.668. The second-order valence-electron chi connectivity index (χ2n) is 5.67. The maximum atomic E-state index is 10.7. The van der Waals surface area contributed by atoms with Crippen molar-refractivity contribution in [1.82, 2.24) is 0 Å². The van der Waals surface area contributed by atoms with E-state index in [2.05, 4.69) is 24.3 Å². The van der Waals surface area contributed by atoms with E-state index in [1.807, 2.05) is 12.1 Å². The highest BCUT2D eigenvalue weighted by molar-refractivity contribution is 5.74. The Bertz CT molecular complexity index is 443. The van der Waals surface area contributed by atoms with Crippen molar-refractivity contribution in [3.63, 3.8) is 0 Å². The van der Waals surface area contributed by atoms with Crippen LogP contribution >= 0.6 is 0 Å². The van der Waals surface area contributed by atoms with Crippen LogP contribution in [0, 0.1) is 11.8 Å². The molecule has 3 rings (SSSR count). The molecular formula is C17H20O. The standard InChI is InChI=1S/C17H20O/c18-12-13-8-10-15(11-9-13)17-7-3-5-14-4-1-2-6-16(14)17/h3,5,8-12,14,16-17H,1-2,4,6-7H2. The first kappa shape index (κ1) is 11.7. The Hall–Kier alpha value is -1.37. The predicted molar refractivity (Wildman–Crippen MR) is 73.8 cm³/mol. The van der Waals surface area contributed by atoms with Gasteiger partial charge in [-0.2, -0.15) is 0 Å². The molecule has 0 radical (unpaired) electrons. The fourth-order valence-electron chi connectivity index (χ4n) is 3.71. The van der Waals surface area contributed by atoms with Gasteiger partial charge < -0.3 is 0 Å². The number of benzene rings is 1. The molecule has 2 aliphatic rings. The van der Waals surface area contributed by atoms with Gasteiger partial charge in [-0.05, 0) is 42.6 Å². The van der Waals surface area contributed by atoms with Gasteiger partial charge in [-0.3, -0.25) is 4.79 Å². The molecule has 0 amide bonds. The summed E-state index contributed by atoms with van der Waals surface area (Å²) in [6.07, 6.45) is 12.4. The fourth-order valence-corrected chi connectivity index (χ4v) is 3.71. The van der Waals surface area contributed by atoms with Gasteiger partial charge in [-0.1, -0.05) is 49.3 Å². The van der Waals surface area contributed by atoms with Gasteiger partial charge >= 0.3 is 0 Å². The Kier molecular flexibility index (Phi) is 3.31. The number of hydrogen-bond acceptors (Lipinski definition) is 1. The molecule has 3 unspecified atom stereocenters. The van der Waals surface area contributed by atoms with Gasteiger partial charge in [-0.15, -0.1) is 0 Å². The van der Waals surface area contributed by atoms with Crippen LogP contribution in [0.1, 0.15) is 53.9 Å². The van der Waals surface area contributed by atoms with Crippen molar-refractivity contribution in [2.75, 3.05) is 0 Å². The van der Waals surface area contributed by atoms with E-state index >= 15 is 0 Å². The van der Waals surface area contributed by atoms with Crippen LogP contribution in [0.5, 0.6) is 0 Å². The number of fused-ring (bicyclic) bond motifs is 1. The molecular weight excluding hydrogens is 220 g/mol. The molecule has 0 aromatic heterocycles. The zero-order valence-corrected chi connectivity index (χ0v) is 10.7. The summed E-state index contributed by atoms with van der Waals surface area (Å²) in [7, 11) is 0. The molecule has 1 heteroatoms. The first-order chi connectivity index (χ1) is 8.88. The second-order valence-corrected chi connectivity index (χ2v) is 5.67. The highest BCUT2D eigenvalue weighted by Crippen LogP contribution is 2.45. The smallest absolute Gasteiger partial charge is 0.150 e. The van der Waals surface area contributed by atoms with Crippen molar-refractivity contribution in [1.29, 1.82) is 0 Å². The molecule has 1 saturated carbocycles. The Morgan fingerprint density at radius 1 is 1.06 bits per heavy atom. The van der Waals surface area contributed by atoms with E-state index in [0.29, 0.717) is 5.92 Å². The molecule has 0 aliphatic heterocycles. The minimum Gasteiger partial charge on any atom is -0.298 e. The summed E-state index contributed by atoms with van der Waals surface area (Å²) in [5.74, 6) is 2.29. The third-order valence-electron chi connectivity index (χ3n) is 4.67. The quantitative estimate of drug-likeness (QED) is 0.555. The van der Waals surface area contributed by atoms with Gasteiger partial charge in [0.25, 0.3) is 0 Å². The SMILES string of the molecule is O=Cc1ccc(C2CC=CC3CCCCC32)cc1. The molecule has 0 heterocycles. The number of carbonyl (C=O) groups excluding carboxylic acids is 1.